The third-order valence-electron chi connectivity index (χ3n) is 10.1. The highest BCUT2D eigenvalue weighted by molar-refractivity contribution is 7.57. The molecule has 0 amide bonds. The van der Waals surface area contributed by atoms with Crippen molar-refractivity contribution >= 4 is 15.8 Å². The topological polar surface area (TPSA) is 0 Å². The molecule has 3 aliphatic rings. The summed E-state index contributed by atoms with van der Waals surface area (Å²) < 4.78 is 0. The van der Waals surface area contributed by atoms with E-state index in [0.29, 0.717) is 15.8 Å². The van der Waals surface area contributed by atoms with Crippen molar-refractivity contribution in [2.24, 2.45) is 0 Å². The van der Waals surface area contributed by atoms with E-state index < -0.39 is 0 Å². The Balaban J connectivity index is 1.90. The molecule has 0 saturated heterocycles. The first kappa shape index (κ1) is 40.3. The fourth-order valence-corrected chi connectivity index (χ4v) is 12.5. The van der Waals surface area contributed by atoms with Gasteiger partial charge in [0.15, 0.2) is 0 Å². The monoisotopic (exact) mass is 645 g/mol. The Labute approximate surface area is 281 Å². The van der Waals surface area contributed by atoms with Crippen molar-refractivity contribution in [3.63, 3.8) is 0 Å². The molecule has 3 aliphatic heterocycles. The molecule has 0 atom stereocenters. The molecule has 0 aromatic heterocycles. The van der Waals surface area contributed by atoms with Crippen LogP contribution in [-0.4, -0.2) is 37.0 Å². The van der Waals surface area contributed by atoms with Crippen molar-refractivity contribution in [2.75, 3.05) is 37.0 Å². The minimum atomic E-state index is 0.290. The SMILES string of the molecule is C1=C\CCCCCCP2CCCCCC/C=C/CCCCCCP(CCCCCC/1)CCCCCC/C=C/CCCCCC2. The molecule has 0 N–H and O–H groups in total. The summed E-state index contributed by atoms with van der Waals surface area (Å²) in [5.74, 6) is 0. The van der Waals surface area contributed by atoms with Crippen LogP contribution in [0.4, 0.5) is 0 Å². The maximum atomic E-state index is 2.51. The van der Waals surface area contributed by atoms with Crippen LogP contribution >= 0.6 is 15.8 Å². The Morgan fingerprint density at radius 1 is 0.182 bits per heavy atom. The second kappa shape index (κ2) is 33.0. The van der Waals surface area contributed by atoms with Crippen LogP contribution in [0.25, 0.3) is 0 Å². The van der Waals surface area contributed by atoms with Gasteiger partial charge >= 0.3 is 0 Å². The number of fused-ring (bicyclic) bond motifs is 36. The Morgan fingerprint density at radius 2 is 0.341 bits per heavy atom. The largest absolute Gasteiger partial charge is 0.107 e. The second-order valence-electron chi connectivity index (χ2n) is 14.3. The van der Waals surface area contributed by atoms with Crippen molar-refractivity contribution in [3.8, 4) is 0 Å². The van der Waals surface area contributed by atoms with Crippen LogP contribution in [0, 0.1) is 0 Å². The highest BCUT2D eigenvalue weighted by atomic mass is 31.1. The van der Waals surface area contributed by atoms with Crippen LogP contribution < -0.4 is 0 Å². The first-order valence-electron chi connectivity index (χ1n) is 20.3. The molecule has 3 rings (SSSR count). The molecule has 0 aromatic rings. The molecule has 2 bridgehead atoms. The molecule has 44 heavy (non-hydrogen) atoms. The molecule has 0 aromatic carbocycles. The Bertz CT molecular complexity index is 520. The van der Waals surface area contributed by atoms with E-state index in [9.17, 15) is 0 Å². The van der Waals surface area contributed by atoms with Crippen molar-refractivity contribution in [3.05, 3.63) is 36.5 Å². The van der Waals surface area contributed by atoms with Gasteiger partial charge in [-0.2, -0.15) is 0 Å². The molecular formula is C42H78P2. The maximum absolute atomic E-state index is 2.51. The minimum absolute atomic E-state index is 0.290. The van der Waals surface area contributed by atoms with Gasteiger partial charge in [0.1, 0.15) is 0 Å². The van der Waals surface area contributed by atoms with Crippen LogP contribution in [0.2, 0.25) is 0 Å². The first-order valence-corrected chi connectivity index (χ1v) is 24.1. The molecule has 0 radical (unpaired) electrons. The highest BCUT2D eigenvalue weighted by Crippen LogP contribution is 2.40. The van der Waals surface area contributed by atoms with E-state index in [1.807, 2.05) is 0 Å². The Morgan fingerprint density at radius 3 is 0.523 bits per heavy atom. The summed E-state index contributed by atoms with van der Waals surface area (Å²) in [6, 6.07) is 0. The summed E-state index contributed by atoms with van der Waals surface area (Å²) in [6.45, 7) is 0. The lowest BCUT2D eigenvalue weighted by Crippen LogP contribution is -1.97. The minimum Gasteiger partial charge on any atom is -0.107 e. The van der Waals surface area contributed by atoms with Gasteiger partial charge in [0, 0.05) is 0 Å². The van der Waals surface area contributed by atoms with E-state index in [0.717, 1.165) is 0 Å². The lowest BCUT2D eigenvalue weighted by molar-refractivity contribution is 0.654. The zero-order chi connectivity index (χ0) is 30.9. The predicted octanol–water partition coefficient (Wildman–Crippen LogP) is 15.3. The van der Waals surface area contributed by atoms with E-state index >= 15 is 0 Å². The van der Waals surface area contributed by atoms with Crippen LogP contribution in [0.5, 0.6) is 0 Å². The van der Waals surface area contributed by atoms with E-state index in [1.54, 1.807) is 37.0 Å². The molecule has 256 valence electrons. The lowest BCUT2D eigenvalue weighted by atomic mass is 10.1. The standard InChI is InChI=1S/C42H78P2/c1-2-8-14-20-26-32-38-44-41-35-29-23-17-11-5-3-9-15-21-27-33-39-43(37-31-25-19-13-7-1)40-34-28-22-16-10-4-6-12-18-24-30-36-42-44/h1-6H,7-42H2/b2-1-,5-3+,6-4+. The molecular weight excluding hydrogens is 566 g/mol. The summed E-state index contributed by atoms with van der Waals surface area (Å²) in [5.41, 5.74) is 0. The van der Waals surface area contributed by atoms with Crippen molar-refractivity contribution in [1.29, 1.82) is 0 Å². The first-order chi connectivity index (χ1) is 21.9. The molecule has 0 saturated carbocycles. The average molecular weight is 645 g/mol. The van der Waals surface area contributed by atoms with Gasteiger partial charge in [0.2, 0.25) is 0 Å². The van der Waals surface area contributed by atoms with Crippen molar-refractivity contribution < 1.29 is 0 Å². The number of hydrogen-bond donors (Lipinski definition) is 0. The number of hydrogen-bond acceptors (Lipinski definition) is 0. The summed E-state index contributed by atoms with van der Waals surface area (Å²) in [4.78, 5) is 0. The van der Waals surface area contributed by atoms with E-state index in [2.05, 4.69) is 36.5 Å². The average Bonchev–Trinajstić information content (AvgIpc) is 3.03. The van der Waals surface area contributed by atoms with E-state index in [4.69, 9.17) is 0 Å². The zero-order valence-electron chi connectivity index (χ0n) is 29.8. The van der Waals surface area contributed by atoms with Gasteiger partial charge in [0.05, 0.1) is 0 Å². The maximum Gasteiger partial charge on any atom is -0.0326 e. The summed E-state index contributed by atoms with van der Waals surface area (Å²) in [5, 5.41) is 0. The second-order valence-corrected chi connectivity index (χ2v) is 19.7. The normalized spacial score (nSPS) is 28.9. The predicted molar refractivity (Wildman–Crippen MR) is 209 cm³/mol. The Hall–Kier alpha value is 0.0800. The quantitative estimate of drug-likeness (QED) is 0.182. The third-order valence-corrected chi connectivity index (χ3v) is 15.8. The molecule has 0 unspecified atom stereocenters. The smallest absolute Gasteiger partial charge is 0.0326 e. The van der Waals surface area contributed by atoms with Gasteiger partial charge in [-0.15, -0.1) is 15.8 Å². The molecule has 0 spiro atoms. The van der Waals surface area contributed by atoms with Gasteiger partial charge in [-0.25, -0.2) is 0 Å². The molecule has 0 nitrogen and oxygen atoms in total. The zero-order valence-corrected chi connectivity index (χ0v) is 31.6. The third kappa shape index (κ3) is 27.2. The van der Waals surface area contributed by atoms with E-state index in [-0.39, 0.29) is 0 Å². The van der Waals surface area contributed by atoms with Crippen LogP contribution in [0.15, 0.2) is 36.5 Å². The fraction of sp³-hybridized carbons (Fsp3) is 0.857. The lowest BCUT2D eigenvalue weighted by Gasteiger charge is -2.18. The molecule has 0 fully saturated rings. The van der Waals surface area contributed by atoms with Gasteiger partial charge in [-0.1, -0.05) is 114 Å². The molecule has 2 heteroatoms. The number of rotatable bonds is 0. The summed E-state index contributed by atoms with van der Waals surface area (Å²) >= 11 is 0. The van der Waals surface area contributed by atoms with E-state index in [1.165, 1.54) is 193 Å². The summed E-state index contributed by atoms with van der Waals surface area (Å²) in [6.07, 6.45) is 67.6. The van der Waals surface area contributed by atoms with Crippen LogP contribution in [-0.2, 0) is 0 Å². The van der Waals surface area contributed by atoms with Gasteiger partial charge in [-0.05, 0) is 153 Å². The van der Waals surface area contributed by atoms with Crippen molar-refractivity contribution in [2.45, 2.75) is 193 Å². The highest BCUT2D eigenvalue weighted by Gasteiger charge is 2.09. The summed E-state index contributed by atoms with van der Waals surface area (Å²) in [7, 11) is 0.581. The van der Waals surface area contributed by atoms with Crippen LogP contribution in [0.1, 0.15) is 193 Å². The van der Waals surface area contributed by atoms with Gasteiger partial charge < -0.3 is 0 Å². The van der Waals surface area contributed by atoms with Crippen molar-refractivity contribution in [1.82, 2.24) is 0 Å². The Kier molecular flexibility index (Phi) is 30.2. The molecule has 0 aliphatic carbocycles. The fourth-order valence-electron chi connectivity index (χ4n) is 7.08. The van der Waals surface area contributed by atoms with Gasteiger partial charge in [0.25, 0.3) is 0 Å². The van der Waals surface area contributed by atoms with Crippen LogP contribution in [0.3, 0.4) is 0 Å². The van der Waals surface area contributed by atoms with Gasteiger partial charge in [-0.3, -0.25) is 0 Å². The molecule has 3 heterocycles. The number of allylic oxidation sites excluding steroid dienone is 6.